The van der Waals surface area contributed by atoms with E-state index in [-0.39, 0.29) is 23.2 Å². The molecule has 0 aliphatic heterocycles. The van der Waals surface area contributed by atoms with Crippen molar-refractivity contribution in [3.63, 3.8) is 0 Å². The highest BCUT2D eigenvalue weighted by atomic mass is 35.5. The van der Waals surface area contributed by atoms with Gasteiger partial charge in [0, 0.05) is 10.6 Å². The molecule has 0 spiro atoms. The summed E-state index contributed by atoms with van der Waals surface area (Å²) < 4.78 is 5.90. The summed E-state index contributed by atoms with van der Waals surface area (Å²) >= 11 is 6.04. The Morgan fingerprint density at radius 2 is 2.15 bits per heavy atom. The number of benzene rings is 1. The molecule has 0 fully saturated rings. The van der Waals surface area contributed by atoms with Crippen LogP contribution in [0.2, 0.25) is 5.02 Å². The molecule has 1 aromatic carbocycles. The highest BCUT2D eigenvalue weighted by Gasteiger charge is 2.25. The quantitative estimate of drug-likeness (QED) is 0.512. The average molecular weight is 375 g/mol. The summed E-state index contributed by atoms with van der Waals surface area (Å²) in [6.45, 7) is 3.76. The van der Waals surface area contributed by atoms with Crippen LogP contribution in [0.15, 0.2) is 34.0 Å². The molecular weight excluding hydrogens is 360 g/mol. The smallest absolute Gasteiger partial charge is 0.293 e. The molecule has 0 saturated heterocycles. The van der Waals surface area contributed by atoms with E-state index in [9.17, 15) is 4.79 Å². The summed E-state index contributed by atoms with van der Waals surface area (Å²) in [5, 5.41) is 19.5. The fourth-order valence-electron chi connectivity index (χ4n) is 2.26. The van der Waals surface area contributed by atoms with Crippen molar-refractivity contribution in [2.45, 2.75) is 19.8 Å². The van der Waals surface area contributed by atoms with Crippen LogP contribution in [0.4, 0.5) is 5.82 Å². The van der Waals surface area contributed by atoms with Gasteiger partial charge in [0.05, 0.1) is 11.9 Å². The molecule has 2 heterocycles. The summed E-state index contributed by atoms with van der Waals surface area (Å²) in [7, 11) is 0. The second-order valence-electron chi connectivity index (χ2n) is 5.58. The Bertz CT molecular complexity index is 962. The van der Waals surface area contributed by atoms with Crippen molar-refractivity contribution in [2.24, 2.45) is 5.10 Å². The Kier molecular flexibility index (Phi) is 4.94. The van der Waals surface area contributed by atoms with E-state index in [4.69, 9.17) is 17.3 Å². The third-order valence-corrected chi connectivity index (χ3v) is 3.78. The van der Waals surface area contributed by atoms with E-state index in [0.717, 1.165) is 0 Å². The van der Waals surface area contributed by atoms with Crippen LogP contribution in [0.5, 0.6) is 0 Å². The minimum atomic E-state index is -0.529. The molecule has 0 aliphatic carbocycles. The number of nitrogen functional groups attached to an aromatic ring is 1. The summed E-state index contributed by atoms with van der Waals surface area (Å²) in [6, 6.07) is 7.11. The Balaban J connectivity index is 1.85. The van der Waals surface area contributed by atoms with Crippen LogP contribution >= 0.6 is 11.6 Å². The van der Waals surface area contributed by atoms with E-state index in [0.29, 0.717) is 16.3 Å². The molecule has 0 saturated carbocycles. The molecule has 134 valence electrons. The van der Waals surface area contributed by atoms with Crippen molar-refractivity contribution in [1.29, 1.82) is 0 Å². The van der Waals surface area contributed by atoms with Gasteiger partial charge in [-0.3, -0.25) is 4.79 Å². The molecule has 26 heavy (non-hydrogen) atoms. The van der Waals surface area contributed by atoms with Gasteiger partial charge in [-0.25, -0.2) is 10.1 Å². The fourth-order valence-corrected chi connectivity index (χ4v) is 2.44. The second kappa shape index (κ2) is 7.31. The third kappa shape index (κ3) is 3.40. The van der Waals surface area contributed by atoms with Crippen LogP contribution in [-0.4, -0.2) is 37.4 Å². The highest BCUT2D eigenvalue weighted by Crippen LogP contribution is 2.22. The lowest BCUT2D eigenvalue weighted by molar-refractivity contribution is 0.0948. The lowest BCUT2D eigenvalue weighted by Crippen LogP contribution is -2.21. The Hall–Kier alpha value is -3.27. The predicted molar refractivity (Wildman–Crippen MR) is 94.2 cm³/mol. The van der Waals surface area contributed by atoms with Gasteiger partial charge in [0.2, 0.25) is 11.6 Å². The largest absolute Gasteiger partial charge is 0.378 e. The summed E-state index contributed by atoms with van der Waals surface area (Å²) in [5.41, 5.74) is 9.37. The first-order valence-electron chi connectivity index (χ1n) is 7.61. The minimum absolute atomic E-state index is 0.0421. The number of halogens is 1. The fraction of sp³-hybridized carbons (Fsp3) is 0.200. The molecule has 0 atom stereocenters. The van der Waals surface area contributed by atoms with Crippen molar-refractivity contribution < 1.29 is 9.42 Å². The maximum atomic E-state index is 12.4. The molecular formula is C15H15ClN8O2. The number of hydrazone groups is 1. The maximum absolute atomic E-state index is 12.4. The number of nitrogens with two attached hydrogens (primary N) is 1. The number of hydrogen-bond donors (Lipinski definition) is 2. The first-order valence-corrected chi connectivity index (χ1v) is 7.98. The third-order valence-electron chi connectivity index (χ3n) is 3.44. The summed E-state index contributed by atoms with van der Waals surface area (Å²) in [5.74, 6) is -0.423. The second-order valence-corrected chi connectivity index (χ2v) is 5.99. The lowest BCUT2D eigenvalue weighted by Gasteiger charge is -2.08. The number of aromatic nitrogens is 5. The molecule has 1 amide bonds. The molecule has 0 unspecified atom stereocenters. The molecule has 2 aromatic heterocycles. The van der Waals surface area contributed by atoms with Crippen LogP contribution in [-0.2, 0) is 0 Å². The zero-order valence-corrected chi connectivity index (χ0v) is 14.7. The van der Waals surface area contributed by atoms with E-state index >= 15 is 0 Å². The van der Waals surface area contributed by atoms with Crippen molar-refractivity contribution in [3.8, 4) is 5.82 Å². The molecule has 10 nitrogen and oxygen atoms in total. The number of hydrogen-bond acceptors (Lipinski definition) is 8. The number of carbonyl (C=O) groups is 1. The van der Waals surface area contributed by atoms with Crippen LogP contribution in [0.1, 0.15) is 41.5 Å². The van der Waals surface area contributed by atoms with E-state index in [1.54, 1.807) is 18.2 Å². The molecule has 3 aromatic rings. The van der Waals surface area contributed by atoms with Crippen molar-refractivity contribution in [3.05, 3.63) is 46.2 Å². The van der Waals surface area contributed by atoms with E-state index in [1.807, 2.05) is 19.9 Å². The normalized spacial score (nSPS) is 11.4. The number of nitrogens with zero attached hydrogens (tertiary/aromatic N) is 6. The Morgan fingerprint density at radius 3 is 2.81 bits per heavy atom. The molecule has 0 bridgehead atoms. The van der Waals surface area contributed by atoms with Crippen molar-refractivity contribution in [2.75, 3.05) is 5.73 Å². The van der Waals surface area contributed by atoms with Crippen LogP contribution in [0, 0.1) is 0 Å². The van der Waals surface area contributed by atoms with E-state index in [1.165, 1.54) is 10.9 Å². The number of carbonyl (C=O) groups excluding carboxylic acids is 1. The summed E-state index contributed by atoms with van der Waals surface area (Å²) in [4.78, 5) is 12.4. The maximum Gasteiger partial charge on any atom is 0.293 e. The van der Waals surface area contributed by atoms with Crippen molar-refractivity contribution in [1.82, 2.24) is 30.7 Å². The van der Waals surface area contributed by atoms with E-state index < -0.39 is 5.91 Å². The van der Waals surface area contributed by atoms with Crippen molar-refractivity contribution >= 4 is 29.5 Å². The van der Waals surface area contributed by atoms with Crippen LogP contribution in [0.3, 0.4) is 0 Å². The van der Waals surface area contributed by atoms with Gasteiger partial charge in [0.25, 0.3) is 5.91 Å². The number of anilines is 1. The van der Waals surface area contributed by atoms with Gasteiger partial charge in [-0.05, 0) is 22.3 Å². The zero-order chi connectivity index (χ0) is 18.7. The Labute approximate surface area is 153 Å². The standard InChI is InChI=1S/C15H15ClN8O2/c1-8(2)12-11(19-23-24(12)14-13(17)21-26-22-14)15(25)20-18-7-9-5-3-4-6-10(9)16/h3-8H,1-2H3,(H2,17,21)(H,20,25)/b18-7+. The van der Waals surface area contributed by atoms with Gasteiger partial charge < -0.3 is 5.73 Å². The van der Waals surface area contributed by atoms with Gasteiger partial charge >= 0.3 is 0 Å². The van der Waals surface area contributed by atoms with E-state index in [2.05, 4.69) is 35.8 Å². The first-order chi connectivity index (χ1) is 12.5. The monoisotopic (exact) mass is 374 g/mol. The van der Waals surface area contributed by atoms with Crippen LogP contribution in [0.25, 0.3) is 5.82 Å². The number of amides is 1. The van der Waals surface area contributed by atoms with Crippen LogP contribution < -0.4 is 11.2 Å². The molecule has 11 heteroatoms. The van der Waals surface area contributed by atoms with Gasteiger partial charge in [-0.1, -0.05) is 48.9 Å². The highest BCUT2D eigenvalue weighted by molar-refractivity contribution is 6.33. The summed E-state index contributed by atoms with van der Waals surface area (Å²) in [6.07, 6.45) is 1.44. The zero-order valence-electron chi connectivity index (χ0n) is 13.9. The predicted octanol–water partition coefficient (Wildman–Crippen LogP) is 1.77. The topological polar surface area (TPSA) is 137 Å². The molecule has 3 N–H and O–H groups in total. The average Bonchev–Trinajstić information content (AvgIpc) is 3.22. The van der Waals surface area contributed by atoms with Gasteiger partial charge in [-0.15, -0.1) is 5.10 Å². The number of nitrogens with one attached hydrogen (secondary N) is 1. The molecule has 0 aliphatic rings. The number of rotatable bonds is 5. The first kappa shape index (κ1) is 17.5. The lowest BCUT2D eigenvalue weighted by atomic mass is 10.1. The molecule has 0 radical (unpaired) electrons. The van der Waals surface area contributed by atoms with Gasteiger partial charge in [0.1, 0.15) is 0 Å². The Morgan fingerprint density at radius 1 is 1.38 bits per heavy atom. The van der Waals surface area contributed by atoms with Gasteiger partial charge in [-0.2, -0.15) is 9.78 Å². The minimum Gasteiger partial charge on any atom is -0.378 e. The molecule has 3 rings (SSSR count). The SMILES string of the molecule is CC(C)c1c(C(=O)N/N=C/c2ccccc2Cl)nnn1-c1nonc1N. The van der Waals surface area contributed by atoms with Gasteiger partial charge in [0.15, 0.2) is 5.69 Å².